The topological polar surface area (TPSA) is 59.8 Å². The monoisotopic (exact) mass is 419 g/mol. The molecule has 0 spiro atoms. The molecule has 2 heterocycles. The molecule has 0 fully saturated rings. The van der Waals surface area contributed by atoms with Crippen molar-refractivity contribution in [1.82, 2.24) is 4.90 Å². The largest absolute Gasteiger partial charge is 0.494 e. The predicted octanol–water partition coefficient (Wildman–Crippen LogP) is 4.89. The Bertz CT molecular complexity index is 1060. The third-order valence-electron chi connectivity index (χ3n) is 4.70. The number of nitrogens with zero attached hydrogens (tertiary/aromatic N) is 1. The third kappa shape index (κ3) is 4.19. The molecule has 0 radical (unpaired) electrons. The van der Waals surface area contributed by atoms with Gasteiger partial charge >= 0.3 is 0 Å². The van der Waals surface area contributed by atoms with E-state index in [1.165, 1.54) is 22.9 Å². The highest BCUT2D eigenvalue weighted by Gasteiger charge is 2.39. The average Bonchev–Trinajstić information content (AvgIpc) is 3.36. The standard InChI is InChI=1S/C24H21NO4S/c1-2-28-19-12-10-18(11-13-19)21-22(30-16-17-7-4-3-5-8-17)24(27)25(23(21)26)15-20-9-6-14-29-20/h3-14H,2,15-16H2,1H3. The molecule has 2 amide bonds. The van der Waals surface area contributed by atoms with Gasteiger partial charge in [-0.25, -0.2) is 0 Å². The molecule has 0 N–H and O–H groups in total. The molecule has 1 aliphatic heterocycles. The van der Waals surface area contributed by atoms with E-state index in [0.717, 1.165) is 11.3 Å². The van der Waals surface area contributed by atoms with Gasteiger partial charge in [-0.05, 0) is 42.3 Å². The number of benzene rings is 2. The molecule has 152 valence electrons. The fraction of sp³-hybridized carbons (Fsp3) is 0.167. The number of carbonyl (C=O) groups excluding carboxylic acids is 2. The molecule has 4 rings (SSSR count). The number of imide groups is 1. The summed E-state index contributed by atoms with van der Waals surface area (Å²) >= 11 is 1.39. The normalized spacial score (nSPS) is 14.0. The van der Waals surface area contributed by atoms with Crippen LogP contribution in [0.5, 0.6) is 5.75 Å². The minimum absolute atomic E-state index is 0.112. The fourth-order valence-corrected chi connectivity index (χ4v) is 4.35. The van der Waals surface area contributed by atoms with E-state index in [0.29, 0.717) is 34.2 Å². The minimum atomic E-state index is -0.309. The molecule has 3 aromatic rings. The Morgan fingerprint density at radius 3 is 2.37 bits per heavy atom. The van der Waals surface area contributed by atoms with Crippen LogP contribution < -0.4 is 4.74 Å². The zero-order valence-electron chi connectivity index (χ0n) is 16.5. The molecule has 0 saturated heterocycles. The van der Waals surface area contributed by atoms with E-state index in [2.05, 4.69) is 0 Å². The minimum Gasteiger partial charge on any atom is -0.494 e. The van der Waals surface area contributed by atoms with E-state index >= 15 is 0 Å². The van der Waals surface area contributed by atoms with Crippen molar-refractivity contribution >= 4 is 29.1 Å². The lowest BCUT2D eigenvalue weighted by molar-refractivity contribution is -0.137. The summed E-state index contributed by atoms with van der Waals surface area (Å²) in [7, 11) is 0. The van der Waals surface area contributed by atoms with Gasteiger partial charge < -0.3 is 9.15 Å². The second kappa shape index (κ2) is 9.05. The number of furan rings is 1. The van der Waals surface area contributed by atoms with Crippen LogP contribution >= 0.6 is 11.8 Å². The molecule has 0 bridgehead atoms. The van der Waals surface area contributed by atoms with Crippen molar-refractivity contribution in [2.75, 3.05) is 6.61 Å². The Morgan fingerprint density at radius 2 is 1.70 bits per heavy atom. The molecule has 1 aromatic heterocycles. The number of ether oxygens (including phenoxy) is 1. The summed E-state index contributed by atoms with van der Waals surface area (Å²) in [6.07, 6.45) is 1.53. The molecule has 1 aliphatic rings. The Balaban J connectivity index is 1.66. The van der Waals surface area contributed by atoms with Crippen LogP contribution in [0.2, 0.25) is 0 Å². The SMILES string of the molecule is CCOc1ccc(C2=C(SCc3ccccc3)C(=O)N(Cc3ccco3)C2=O)cc1. The van der Waals surface area contributed by atoms with Crippen molar-refractivity contribution in [2.45, 2.75) is 19.2 Å². The average molecular weight is 420 g/mol. The van der Waals surface area contributed by atoms with E-state index in [1.807, 2.05) is 61.5 Å². The first-order chi connectivity index (χ1) is 14.7. The van der Waals surface area contributed by atoms with Crippen molar-refractivity contribution in [3.8, 4) is 5.75 Å². The van der Waals surface area contributed by atoms with Gasteiger partial charge in [0.05, 0.1) is 29.9 Å². The molecule has 0 aliphatic carbocycles. The van der Waals surface area contributed by atoms with Gasteiger partial charge in [0.2, 0.25) is 0 Å². The van der Waals surface area contributed by atoms with Gasteiger partial charge in [0.1, 0.15) is 11.5 Å². The van der Waals surface area contributed by atoms with Gasteiger partial charge in [-0.15, -0.1) is 11.8 Å². The first-order valence-electron chi connectivity index (χ1n) is 9.70. The molecule has 0 atom stereocenters. The Hall–Kier alpha value is -3.25. The van der Waals surface area contributed by atoms with E-state index < -0.39 is 0 Å². The number of hydrogen-bond donors (Lipinski definition) is 0. The highest BCUT2D eigenvalue weighted by molar-refractivity contribution is 8.03. The van der Waals surface area contributed by atoms with Crippen LogP contribution in [0.4, 0.5) is 0 Å². The van der Waals surface area contributed by atoms with Gasteiger partial charge in [-0.3, -0.25) is 14.5 Å². The zero-order valence-corrected chi connectivity index (χ0v) is 17.4. The number of amides is 2. The summed E-state index contributed by atoms with van der Waals surface area (Å²) in [6, 6.07) is 20.7. The number of hydrogen-bond acceptors (Lipinski definition) is 5. The molecular formula is C24H21NO4S. The van der Waals surface area contributed by atoms with Crippen LogP contribution in [-0.2, 0) is 21.9 Å². The maximum Gasteiger partial charge on any atom is 0.268 e. The second-order valence-electron chi connectivity index (χ2n) is 6.71. The first kappa shape index (κ1) is 20.0. The molecule has 5 nitrogen and oxygen atoms in total. The smallest absolute Gasteiger partial charge is 0.268 e. The lowest BCUT2D eigenvalue weighted by atomic mass is 10.1. The van der Waals surface area contributed by atoms with Crippen LogP contribution in [0, 0.1) is 0 Å². The summed E-state index contributed by atoms with van der Waals surface area (Å²) in [4.78, 5) is 28.1. The third-order valence-corrected chi connectivity index (χ3v) is 5.84. The lowest BCUT2D eigenvalue weighted by Crippen LogP contribution is -2.30. The van der Waals surface area contributed by atoms with Crippen LogP contribution in [-0.4, -0.2) is 23.3 Å². The quantitative estimate of drug-likeness (QED) is 0.487. The predicted molar refractivity (Wildman–Crippen MR) is 117 cm³/mol. The maximum absolute atomic E-state index is 13.2. The summed E-state index contributed by atoms with van der Waals surface area (Å²) < 4.78 is 10.9. The van der Waals surface area contributed by atoms with E-state index in [-0.39, 0.29) is 18.4 Å². The number of thioether (sulfide) groups is 1. The second-order valence-corrected chi connectivity index (χ2v) is 7.70. The Kier molecular flexibility index (Phi) is 6.05. The van der Waals surface area contributed by atoms with Gasteiger partial charge in [0.25, 0.3) is 11.8 Å². The zero-order chi connectivity index (χ0) is 20.9. The molecular weight excluding hydrogens is 398 g/mol. The summed E-state index contributed by atoms with van der Waals surface area (Å²) in [5.74, 6) is 1.29. The maximum atomic E-state index is 13.2. The molecule has 0 unspecified atom stereocenters. The molecule has 6 heteroatoms. The van der Waals surface area contributed by atoms with Crippen molar-refractivity contribution in [3.63, 3.8) is 0 Å². The lowest BCUT2D eigenvalue weighted by Gasteiger charge is -2.13. The molecule has 30 heavy (non-hydrogen) atoms. The van der Waals surface area contributed by atoms with Gasteiger partial charge in [0, 0.05) is 5.75 Å². The van der Waals surface area contributed by atoms with E-state index in [1.54, 1.807) is 12.1 Å². The van der Waals surface area contributed by atoms with Crippen LogP contribution in [0.25, 0.3) is 5.57 Å². The highest BCUT2D eigenvalue weighted by Crippen LogP contribution is 2.38. The van der Waals surface area contributed by atoms with E-state index in [4.69, 9.17) is 9.15 Å². The van der Waals surface area contributed by atoms with Gasteiger partial charge in [-0.2, -0.15) is 0 Å². The van der Waals surface area contributed by atoms with Crippen LogP contribution in [0.3, 0.4) is 0 Å². The Morgan fingerprint density at radius 1 is 0.933 bits per heavy atom. The molecule has 2 aromatic carbocycles. The highest BCUT2D eigenvalue weighted by atomic mass is 32.2. The van der Waals surface area contributed by atoms with Gasteiger partial charge in [0.15, 0.2) is 0 Å². The molecule has 0 saturated carbocycles. The fourth-order valence-electron chi connectivity index (χ4n) is 3.26. The van der Waals surface area contributed by atoms with Crippen molar-refractivity contribution in [3.05, 3.63) is 94.8 Å². The van der Waals surface area contributed by atoms with Crippen LogP contribution in [0.1, 0.15) is 23.8 Å². The van der Waals surface area contributed by atoms with E-state index in [9.17, 15) is 9.59 Å². The van der Waals surface area contributed by atoms with Crippen molar-refractivity contribution in [1.29, 1.82) is 0 Å². The number of rotatable bonds is 8. The number of carbonyl (C=O) groups is 2. The summed E-state index contributed by atoms with van der Waals surface area (Å²) in [5, 5.41) is 0. The first-order valence-corrected chi connectivity index (χ1v) is 10.7. The summed E-state index contributed by atoms with van der Waals surface area (Å²) in [5.41, 5.74) is 2.22. The summed E-state index contributed by atoms with van der Waals surface area (Å²) in [6.45, 7) is 2.59. The Labute approximate surface area is 179 Å². The van der Waals surface area contributed by atoms with Crippen molar-refractivity contribution in [2.24, 2.45) is 0 Å². The van der Waals surface area contributed by atoms with Gasteiger partial charge in [-0.1, -0.05) is 42.5 Å². The van der Waals surface area contributed by atoms with Crippen molar-refractivity contribution < 1.29 is 18.7 Å². The van der Waals surface area contributed by atoms with Crippen LogP contribution in [0.15, 0.2) is 82.3 Å².